The molecule has 0 bridgehead atoms. The highest BCUT2D eigenvalue weighted by Gasteiger charge is 2.10. The zero-order valence-electron chi connectivity index (χ0n) is 16.3. The molecule has 0 spiro atoms. The molecule has 0 amide bonds. The van der Waals surface area contributed by atoms with Gasteiger partial charge in [-0.25, -0.2) is 18.1 Å². The van der Waals surface area contributed by atoms with Crippen LogP contribution in [0.2, 0.25) is 0 Å². The average Bonchev–Trinajstić information content (AvgIpc) is 2.72. The number of aliphatic imine (C=N–C) groups is 1. The third kappa shape index (κ3) is 7.21. The largest absolute Gasteiger partial charge is 0.494 e. The van der Waals surface area contributed by atoms with Gasteiger partial charge in [-0.3, -0.25) is 0 Å². The first-order chi connectivity index (χ1) is 13.5. The third-order valence-electron chi connectivity index (χ3n) is 3.89. The first-order valence-corrected chi connectivity index (χ1v) is 10.8. The van der Waals surface area contributed by atoms with Gasteiger partial charge in [0.1, 0.15) is 5.75 Å². The van der Waals surface area contributed by atoms with Crippen LogP contribution < -0.4 is 20.1 Å². The van der Waals surface area contributed by atoms with E-state index in [2.05, 4.69) is 20.3 Å². The number of sulfonamides is 1. The minimum absolute atomic E-state index is 0.242. The highest BCUT2D eigenvalue weighted by molar-refractivity contribution is 7.89. The van der Waals surface area contributed by atoms with E-state index in [1.54, 1.807) is 24.3 Å². The van der Waals surface area contributed by atoms with Crippen LogP contribution in [-0.4, -0.2) is 41.1 Å². The van der Waals surface area contributed by atoms with Crippen LogP contribution in [0.1, 0.15) is 18.9 Å². The molecule has 0 saturated heterocycles. The van der Waals surface area contributed by atoms with Gasteiger partial charge in [-0.05, 0) is 50.2 Å². The van der Waals surface area contributed by atoms with E-state index in [1.807, 2.05) is 37.3 Å². The molecule has 0 aliphatic rings. The average molecular weight is 405 g/mol. The molecule has 7 nitrogen and oxygen atoms in total. The standard InChI is InChI=1S/C20H28N4O3S/c1-3-22-20(23-14-7-15-27-18-8-5-4-6-9-18)24-16-17-10-12-19(13-11-17)28(25,26)21-2/h4-6,8-13,21H,3,7,14-16H2,1-2H3,(H2,22,23,24). The van der Waals surface area contributed by atoms with E-state index in [0.717, 1.165) is 30.8 Å². The van der Waals surface area contributed by atoms with E-state index in [4.69, 9.17) is 4.74 Å². The van der Waals surface area contributed by atoms with E-state index in [9.17, 15) is 8.42 Å². The lowest BCUT2D eigenvalue weighted by atomic mass is 10.2. The summed E-state index contributed by atoms with van der Waals surface area (Å²) in [5.41, 5.74) is 0.930. The Morgan fingerprint density at radius 1 is 1.04 bits per heavy atom. The van der Waals surface area contributed by atoms with Gasteiger partial charge >= 0.3 is 0 Å². The maximum Gasteiger partial charge on any atom is 0.240 e. The van der Waals surface area contributed by atoms with Gasteiger partial charge in [-0.1, -0.05) is 30.3 Å². The topological polar surface area (TPSA) is 91.8 Å². The summed E-state index contributed by atoms with van der Waals surface area (Å²) in [4.78, 5) is 4.78. The lowest BCUT2D eigenvalue weighted by molar-refractivity contribution is 0.311. The minimum atomic E-state index is -3.41. The fraction of sp³-hybridized carbons (Fsp3) is 0.350. The maximum atomic E-state index is 11.8. The van der Waals surface area contributed by atoms with Crippen molar-refractivity contribution in [1.29, 1.82) is 0 Å². The number of rotatable bonds is 10. The molecule has 2 rings (SSSR count). The number of nitrogens with one attached hydrogen (secondary N) is 3. The molecular weight excluding hydrogens is 376 g/mol. The summed E-state index contributed by atoms with van der Waals surface area (Å²) in [5.74, 6) is 1.58. The molecule has 3 N–H and O–H groups in total. The first kappa shape index (κ1) is 21.7. The van der Waals surface area contributed by atoms with Crippen molar-refractivity contribution < 1.29 is 13.2 Å². The monoisotopic (exact) mass is 404 g/mol. The fourth-order valence-corrected chi connectivity index (χ4v) is 3.12. The van der Waals surface area contributed by atoms with Crippen molar-refractivity contribution in [1.82, 2.24) is 15.4 Å². The van der Waals surface area contributed by atoms with Crippen LogP contribution in [0, 0.1) is 0 Å². The summed E-state index contributed by atoms with van der Waals surface area (Å²) in [7, 11) is -2.02. The summed E-state index contributed by atoms with van der Waals surface area (Å²) in [6.45, 7) is 4.57. The zero-order chi connectivity index (χ0) is 20.2. The molecule has 0 aliphatic heterocycles. The van der Waals surface area contributed by atoms with E-state index < -0.39 is 10.0 Å². The van der Waals surface area contributed by atoms with Crippen molar-refractivity contribution in [2.75, 3.05) is 26.7 Å². The van der Waals surface area contributed by atoms with Crippen LogP contribution in [0.3, 0.4) is 0 Å². The Balaban J connectivity index is 1.81. The van der Waals surface area contributed by atoms with Gasteiger partial charge in [0.15, 0.2) is 5.96 Å². The lowest BCUT2D eigenvalue weighted by Gasteiger charge is -2.12. The Labute approximate surface area is 167 Å². The highest BCUT2D eigenvalue weighted by Crippen LogP contribution is 2.11. The Morgan fingerprint density at radius 3 is 2.39 bits per heavy atom. The van der Waals surface area contributed by atoms with E-state index in [1.165, 1.54) is 7.05 Å². The minimum Gasteiger partial charge on any atom is -0.494 e. The van der Waals surface area contributed by atoms with Gasteiger partial charge in [0.05, 0.1) is 18.0 Å². The molecule has 2 aromatic rings. The molecule has 0 aromatic heterocycles. The van der Waals surface area contributed by atoms with Crippen molar-refractivity contribution in [2.24, 2.45) is 4.99 Å². The first-order valence-electron chi connectivity index (χ1n) is 9.27. The number of hydrogen-bond donors (Lipinski definition) is 3. The molecule has 28 heavy (non-hydrogen) atoms. The van der Waals surface area contributed by atoms with Gasteiger partial charge in [-0.2, -0.15) is 0 Å². The molecule has 8 heteroatoms. The Hall–Kier alpha value is -2.58. The smallest absolute Gasteiger partial charge is 0.240 e. The molecule has 0 fully saturated rings. The maximum absolute atomic E-state index is 11.8. The van der Waals surface area contributed by atoms with Crippen LogP contribution in [0.15, 0.2) is 64.5 Å². The van der Waals surface area contributed by atoms with Crippen molar-refractivity contribution in [2.45, 2.75) is 24.8 Å². The molecular formula is C20H28N4O3S. The summed E-state index contributed by atoms with van der Waals surface area (Å²) in [6, 6.07) is 16.4. The normalized spacial score (nSPS) is 11.9. The van der Waals surface area contributed by atoms with E-state index >= 15 is 0 Å². The third-order valence-corrected chi connectivity index (χ3v) is 5.32. The summed E-state index contributed by atoms with van der Waals surface area (Å²) < 4.78 is 31.5. The number of guanidine groups is 1. The predicted molar refractivity (Wildman–Crippen MR) is 112 cm³/mol. The summed E-state index contributed by atoms with van der Waals surface area (Å²) in [6.07, 6.45) is 0.843. The fourth-order valence-electron chi connectivity index (χ4n) is 2.39. The van der Waals surface area contributed by atoms with Crippen molar-refractivity contribution in [3.63, 3.8) is 0 Å². The van der Waals surface area contributed by atoms with E-state index in [-0.39, 0.29) is 4.90 Å². The number of ether oxygens (including phenoxy) is 1. The van der Waals surface area contributed by atoms with Crippen LogP contribution in [-0.2, 0) is 16.6 Å². The van der Waals surface area contributed by atoms with Gasteiger partial charge in [0, 0.05) is 13.1 Å². The van der Waals surface area contributed by atoms with Crippen LogP contribution >= 0.6 is 0 Å². The summed E-state index contributed by atoms with van der Waals surface area (Å²) >= 11 is 0. The predicted octanol–water partition coefficient (Wildman–Crippen LogP) is 2.12. The summed E-state index contributed by atoms with van der Waals surface area (Å²) in [5, 5.41) is 6.47. The van der Waals surface area contributed by atoms with Crippen molar-refractivity contribution in [3.8, 4) is 5.75 Å². The van der Waals surface area contributed by atoms with E-state index in [0.29, 0.717) is 19.1 Å². The van der Waals surface area contributed by atoms with Crippen LogP contribution in [0.5, 0.6) is 5.75 Å². The Kier molecular flexibility index (Phi) is 8.77. The molecule has 152 valence electrons. The molecule has 0 atom stereocenters. The van der Waals surface area contributed by atoms with Gasteiger partial charge in [0.2, 0.25) is 10.0 Å². The zero-order valence-corrected chi connectivity index (χ0v) is 17.1. The highest BCUT2D eigenvalue weighted by atomic mass is 32.2. The lowest BCUT2D eigenvalue weighted by Crippen LogP contribution is -2.38. The number of benzene rings is 2. The molecule has 0 radical (unpaired) electrons. The number of hydrogen-bond acceptors (Lipinski definition) is 4. The van der Waals surface area contributed by atoms with Gasteiger partial charge < -0.3 is 15.4 Å². The number of para-hydroxylation sites is 1. The molecule has 0 heterocycles. The van der Waals surface area contributed by atoms with Crippen LogP contribution in [0.4, 0.5) is 0 Å². The Bertz CT molecular complexity index is 838. The molecule has 0 saturated carbocycles. The molecule has 0 aliphatic carbocycles. The second-order valence-electron chi connectivity index (χ2n) is 5.99. The second-order valence-corrected chi connectivity index (χ2v) is 7.88. The quantitative estimate of drug-likeness (QED) is 0.321. The number of nitrogens with zero attached hydrogens (tertiary/aromatic N) is 1. The van der Waals surface area contributed by atoms with Gasteiger partial charge in [-0.15, -0.1) is 0 Å². The SMILES string of the molecule is CCNC(=NCc1ccc(S(=O)(=O)NC)cc1)NCCCOc1ccccc1. The Morgan fingerprint density at radius 2 is 1.75 bits per heavy atom. The van der Waals surface area contributed by atoms with Gasteiger partial charge in [0.25, 0.3) is 0 Å². The van der Waals surface area contributed by atoms with Crippen LogP contribution in [0.25, 0.3) is 0 Å². The molecule has 2 aromatic carbocycles. The second kappa shape index (κ2) is 11.3. The van der Waals surface area contributed by atoms with Crippen molar-refractivity contribution >= 4 is 16.0 Å². The molecule has 0 unspecified atom stereocenters. The van der Waals surface area contributed by atoms with Crippen molar-refractivity contribution in [3.05, 3.63) is 60.2 Å².